The van der Waals surface area contributed by atoms with E-state index in [2.05, 4.69) is 0 Å². The first-order valence-corrected chi connectivity index (χ1v) is 4.63. The highest BCUT2D eigenvalue weighted by Crippen LogP contribution is 2.13. The molecule has 62 valence electrons. The number of thiocarbonyl (C=S) groups is 1. The van der Waals surface area contributed by atoms with Crippen LogP contribution in [-0.2, 0) is 4.79 Å². The number of rotatable bonds is 2. The van der Waals surface area contributed by atoms with Gasteiger partial charge in [0.1, 0.15) is 5.76 Å². The monoisotopic (exact) mass is 190 g/mol. The number of carbonyl (C=O) groups excluding carboxylic acids is 1. The predicted molar refractivity (Wildman–Crippen MR) is 52.1 cm³/mol. The van der Waals surface area contributed by atoms with Crippen molar-refractivity contribution in [2.45, 2.75) is 13.8 Å². The molecular formula is C7H10O2S2. The fraction of sp³-hybridized carbons (Fsp3) is 0.429. The van der Waals surface area contributed by atoms with Gasteiger partial charge in [-0.25, -0.2) is 0 Å². The molecular weight excluding hydrogens is 180 g/mol. The van der Waals surface area contributed by atoms with E-state index in [1.807, 2.05) is 0 Å². The first kappa shape index (κ1) is 10.7. The topological polar surface area (TPSA) is 37.3 Å². The lowest BCUT2D eigenvalue weighted by Crippen LogP contribution is -2.06. The van der Waals surface area contributed by atoms with E-state index in [1.54, 1.807) is 6.26 Å². The van der Waals surface area contributed by atoms with Gasteiger partial charge in [-0.2, -0.15) is 0 Å². The number of carbonyl (C=O) groups is 1. The number of thioether (sulfide) groups is 1. The van der Waals surface area contributed by atoms with Crippen LogP contribution < -0.4 is 0 Å². The van der Waals surface area contributed by atoms with Gasteiger partial charge in [0.2, 0.25) is 0 Å². The van der Waals surface area contributed by atoms with Crippen molar-refractivity contribution >= 4 is 34.0 Å². The summed E-state index contributed by atoms with van der Waals surface area (Å²) in [6.07, 6.45) is 1.77. The molecule has 0 unspecified atom stereocenters. The minimum Gasteiger partial charge on any atom is -0.512 e. The van der Waals surface area contributed by atoms with E-state index in [-0.39, 0.29) is 17.1 Å². The maximum atomic E-state index is 10.9. The SMILES string of the molecule is CSC(=S)/C(C(C)=O)=C(/C)O. The van der Waals surface area contributed by atoms with E-state index in [4.69, 9.17) is 17.3 Å². The first-order valence-electron chi connectivity index (χ1n) is 2.99. The largest absolute Gasteiger partial charge is 0.512 e. The van der Waals surface area contributed by atoms with Crippen molar-refractivity contribution in [1.82, 2.24) is 0 Å². The smallest absolute Gasteiger partial charge is 0.165 e. The second kappa shape index (κ2) is 4.51. The summed E-state index contributed by atoms with van der Waals surface area (Å²) in [6.45, 7) is 2.84. The number of Topliss-reactive ketones (excluding diaryl/α,β-unsaturated/α-hetero) is 1. The number of allylic oxidation sites excluding steroid dienone is 1. The Labute approximate surface area is 75.7 Å². The molecule has 0 aromatic carbocycles. The molecule has 0 bridgehead atoms. The van der Waals surface area contributed by atoms with Crippen LogP contribution in [-0.4, -0.2) is 21.3 Å². The van der Waals surface area contributed by atoms with Gasteiger partial charge in [0.25, 0.3) is 0 Å². The second-order valence-corrected chi connectivity index (χ2v) is 3.49. The summed E-state index contributed by atoms with van der Waals surface area (Å²) in [6, 6.07) is 0. The van der Waals surface area contributed by atoms with Crippen LogP contribution in [0.15, 0.2) is 11.3 Å². The molecule has 0 aliphatic carbocycles. The average molecular weight is 190 g/mol. The van der Waals surface area contributed by atoms with E-state index in [1.165, 1.54) is 25.6 Å². The summed E-state index contributed by atoms with van der Waals surface area (Å²) in [5.41, 5.74) is 0.257. The molecule has 0 atom stereocenters. The molecule has 4 heteroatoms. The van der Waals surface area contributed by atoms with Gasteiger partial charge >= 0.3 is 0 Å². The molecule has 0 aliphatic rings. The van der Waals surface area contributed by atoms with Crippen LogP contribution in [0.2, 0.25) is 0 Å². The van der Waals surface area contributed by atoms with Crippen LogP contribution in [0.3, 0.4) is 0 Å². The fourth-order valence-electron chi connectivity index (χ4n) is 0.648. The zero-order valence-electron chi connectivity index (χ0n) is 6.67. The highest BCUT2D eigenvalue weighted by Gasteiger charge is 2.12. The van der Waals surface area contributed by atoms with E-state index in [9.17, 15) is 4.79 Å². The van der Waals surface area contributed by atoms with Gasteiger partial charge in [0.05, 0.1) is 9.77 Å². The number of aliphatic hydroxyl groups is 1. The van der Waals surface area contributed by atoms with Crippen molar-refractivity contribution in [1.29, 1.82) is 0 Å². The van der Waals surface area contributed by atoms with Crippen LogP contribution in [0, 0.1) is 0 Å². The summed E-state index contributed by atoms with van der Waals surface area (Å²) in [5.74, 6) is -0.193. The second-order valence-electron chi connectivity index (χ2n) is 2.01. The Bertz CT molecular complexity index is 214. The number of hydrogen-bond donors (Lipinski definition) is 1. The van der Waals surface area contributed by atoms with Gasteiger partial charge in [0.15, 0.2) is 5.78 Å². The van der Waals surface area contributed by atoms with E-state index in [0.29, 0.717) is 4.20 Å². The Morgan fingerprint density at radius 1 is 1.45 bits per heavy atom. The highest BCUT2D eigenvalue weighted by atomic mass is 32.2. The lowest BCUT2D eigenvalue weighted by molar-refractivity contribution is -0.113. The summed E-state index contributed by atoms with van der Waals surface area (Å²) < 4.78 is 0.442. The molecule has 0 spiro atoms. The molecule has 0 aromatic heterocycles. The average Bonchev–Trinajstić information content (AvgIpc) is 1.85. The third kappa shape index (κ3) is 3.03. The van der Waals surface area contributed by atoms with Gasteiger partial charge in [-0.15, -0.1) is 11.8 Å². The summed E-state index contributed by atoms with van der Waals surface area (Å²) in [4.78, 5) is 10.9. The van der Waals surface area contributed by atoms with E-state index < -0.39 is 0 Å². The van der Waals surface area contributed by atoms with Crippen molar-refractivity contribution < 1.29 is 9.90 Å². The minimum absolute atomic E-state index is 0.00292. The van der Waals surface area contributed by atoms with Crippen LogP contribution >= 0.6 is 24.0 Å². The predicted octanol–water partition coefficient (Wildman–Crippen LogP) is 2.10. The highest BCUT2D eigenvalue weighted by molar-refractivity contribution is 8.23. The Morgan fingerprint density at radius 3 is 2.00 bits per heavy atom. The maximum absolute atomic E-state index is 10.9. The van der Waals surface area contributed by atoms with Crippen molar-refractivity contribution in [2.24, 2.45) is 0 Å². The molecule has 0 fully saturated rings. The molecule has 0 saturated carbocycles. The lowest BCUT2D eigenvalue weighted by atomic mass is 10.2. The van der Waals surface area contributed by atoms with E-state index >= 15 is 0 Å². The molecule has 0 aliphatic heterocycles. The molecule has 11 heavy (non-hydrogen) atoms. The van der Waals surface area contributed by atoms with Crippen molar-refractivity contribution in [3.05, 3.63) is 11.3 Å². The van der Waals surface area contributed by atoms with Gasteiger partial charge < -0.3 is 5.11 Å². The zero-order chi connectivity index (χ0) is 9.02. The van der Waals surface area contributed by atoms with Crippen LogP contribution in [0.1, 0.15) is 13.8 Å². The van der Waals surface area contributed by atoms with Crippen LogP contribution in [0.25, 0.3) is 0 Å². The Kier molecular flexibility index (Phi) is 4.37. The van der Waals surface area contributed by atoms with Gasteiger partial charge in [-0.05, 0) is 20.1 Å². The Balaban J connectivity index is 4.79. The van der Waals surface area contributed by atoms with E-state index in [0.717, 1.165) is 0 Å². The lowest BCUT2D eigenvalue weighted by Gasteiger charge is -2.02. The standard InChI is InChI=1S/C7H10O2S2/c1-4(8)6(5(2)9)7(10)11-3/h8H,1-3H3/b6-4-. The fourth-order valence-corrected chi connectivity index (χ4v) is 1.44. The number of hydrogen-bond acceptors (Lipinski definition) is 4. The Hall–Kier alpha value is -0.350. The summed E-state index contributed by atoms with van der Waals surface area (Å²) in [7, 11) is 0. The normalized spacial score (nSPS) is 12.3. The maximum Gasteiger partial charge on any atom is 0.165 e. The molecule has 0 saturated heterocycles. The van der Waals surface area contributed by atoms with Crippen molar-refractivity contribution in [3.8, 4) is 0 Å². The molecule has 0 rings (SSSR count). The quantitative estimate of drug-likeness (QED) is 0.411. The summed E-state index contributed by atoms with van der Waals surface area (Å²) >= 11 is 6.14. The van der Waals surface area contributed by atoms with Gasteiger partial charge in [-0.1, -0.05) is 12.2 Å². The van der Waals surface area contributed by atoms with Gasteiger partial charge in [0, 0.05) is 0 Å². The molecule has 0 amide bonds. The summed E-state index contributed by atoms with van der Waals surface area (Å²) in [5, 5.41) is 9.04. The van der Waals surface area contributed by atoms with Crippen molar-refractivity contribution in [3.63, 3.8) is 0 Å². The third-order valence-corrected chi connectivity index (χ3v) is 2.38. The number of aliphatic hydroxyl groups excluding tert-OH is 1. The molecule has 0 heterocycles. The molecule has 2 nitrogen and oxygen atoms in total. The van der Waals surface area contributed by atoms with Crippen LogP contribution in [0.4, 0.5) is 0 Å². The van der Waals surface area contributed by atoms with Crippen LogP contribution in [0.5, 0.6) is 0 Å². The number of ketones is 1. The van der Waals surface area contributed by atoms with Gasteiger partial charge in [-0.3, -0.25) is 4.79 Å². The molecule has 1 N–H and O–H groups in total. The first-order chi connectivity index (χ1) is 5.00. The third-order valence-electron chi connectivity index (χ3n) is 1.10. The Morgan fingerprint density at radius 2 is 1.91 bits per heavy atom. The van der Waals surface area contributed by atoms with Crippen molar-refractivity contribution in [2.75, 3.05) is 6.26 Å². The minimum atomic E-state index is -0.190. The molecule has 0 aromatic rings. The molecule has 0 radical (unpaired) electrons. The zero-order valence-corrected chi connectivity index (χ0v) is 8.30.